The summed E-state index contributed by atoms with van der Waals surface area (Å²) < 4.78 is 0. The van der Waals surface area contributed by atoms with Crippen LogP contribution in [0.25, 0.3) is 0 Å². The fraction of sp³-hybridized carbons (Fsp3) is 0. The van der Waals surface area contributed by atoms with Crippen LogP contribution >= 0.6 is 0 Å². The first-order valence-corrected chi connectivity index (χ1v) is 4.50. The standard InChI is InChI=1S/C10H8N4O/c15-7-1-2-9-8(5-7)11-4-3-10-13-12-6-14(9)10/h1-6,13,15H. The highest BCUT2D eigenvalue weighted by atomic mass is 16.3. The minimum atomic E-state index is 0.207. The predicted octanol–water partition coefficient (Wildman–Crippen LogP) is 1.30. The third-order valence-corrected chi connectivity index (χ3v) is 2.28. The molecular weight excluding hydrogens is 192 g/mol. The van der Waals surface area contributed by atoms with Crippen LogP contribution in [-0.2, 0) is 0 Å². The van der Waals surface area contributed by atoms with Crippen molar-refractivity contribution in [1.82, 2.24) is 5.43 Å². The van der Waals surface area contributed by atoms with E-state index in [0.717, 1.165) is 17.2 Å². The molecule has 2 N–H and O–H groups in total. The van der Waals surface area contributed by atoms with Gasteiger partial charge in [-0.3, -0.25) is 15.3 Å². The number of nitrogens with one attached hydrogen (secondary N) is 1. The van der Waals surface area contributed by atoms with E-state index in [1.807, 2.05) is 11.0 Å². The van der Waals surface area contributed by atoms with E-state index in [-0.39, 0.29) is 5.75 Å². The van der Waals surface area contributed by atoms with Crippen LogP contribution in [0, 0.1) is 0 Å². The number of nitrogens with zero attached hydrogens (tertiary/aromatic N) is 3. The summed E-state index contributed by atoms with van der Waals surface area (Å²) in [7, 11) is 0. The monoisotopic (exact) mass is 200 g/mol. The number of fused-ring (bicyclic) bond motifs is 3. The second-order valence-electron chi connectivity index (χ2n) is 3.23. The Balaban J connectivity index is 2.20. The van der Waals surface area contributed by atoms with Crippen molar-refractivity contribution in [2.75, 3.05) is 4.90 Å². The molecule has 0 fully saturated rings. The zero-order valence-electron chi connectivity index (χ0n) is 7.75. The van der Waals surface area contributed by atoms with Gasteiger partial charge in [0.15, 0.2) is 0 Å². The Morgan fingerprint density at radius 1 is 1.33 bits per heavy atom. The Morgan fingerprint density at radius 3 is 3.20 bits per heavy atom. The highest BCUT2D eigenvalue weighted by molar-refractivity contribution is 5.95. The summed E-state index contributed by atoms with van der Waals surface area (Å²) in [5.41, 5.74) is 4.47. The predicted molar refractivity (Wildman–Crippen MR) is 58.4 cm³/mol. The van der Waals surface area contributed by atoms with E-state index >= 15 is 0 Å². The lowest BCUT2D eigenvalue weighted by atomic mass is 10.2. The molecule has 1 aromatic carbocycles. The van der Waals surface area contributed by atoms with Crippen LogP contribution in [0.2, 0.25) is 0 Å². The molecule has 0 aliphatic carbocycles. The molecule has 0 saturated heterocycles. The number of phenols is 1. The number of phenolic OH excluding ortho intramolecular Hbond substituents is 1. The van der Waals surface area contributed by atoms with E-state index in [0.29, 0.717) is 0 Å². The maximum atomic E-state index is 9.36. The average molecular weight is 200 g/mol. The Labute approximate surface area is 86.1 Å². The number of anilines is 1. The molecule has 0 atom stereocenters. The van der Waals surface area contributed by atoms with Crippen molar-refractivity contribution in [1.29, 1.82) is 0 Å². The van der Waals surface area contributed by atoms with Crippen molar-refractivity contribution in [3.8, 4) is 5.75 Å². The normalized spacial score (nSPS) is 16.5. The minimum Gasteiger partial charge on any atom is -0.508 e. The molecule has 5 nitrogen and oxygen atoms in total. The van der Waals surface area contributed by atoms with E-state index < -0.39 is 0 Å². The molecule has 2 aliphatic heterocycles. The number of aromatic hydroxyl groups is 1. The Kier molecular flexibility index (Phi) is 1.53. The highest BCUT2D eigenvalue weighted by Crippen LogP contribution is 2.34. The van der Waals surface area contributed by atoms with Gasteiger partial charge in [0.2, 0.25) is 0 Å². The number of rotatable bonds is 0. The third kappa shape index (κ3) is 1.17. The molecular formula is C10H8N4O. The van der Waals surface area contributed by atoms with Gasteiger partial charge >= 0.3 is 0 Å². The molecule has 0 unspecified atom stereocenters. The second kappa shape index (κ2) is 2.84. The van der Waals surface area contributed by atoms with E-state index in [1.54, 1.807) is 30.8 Å². The number of benzene rings is 1. The Hall–Kier alpha value is -2.30. The fourth-order valence-electron chi connectivity index (χ4n) is 1.59. The SMILES string of the molecule is Oc1ccc2c(c1)N=CC=C1NN=CN12. The zero-order valence-corrected chi connectivity index (χ0v) is 7.75. The summed E-state index contributed by atoms with van der Waals surface area (Å²) >= 11 is 0. The maximum Gasteiger partial charge on any atom is 0.133 e. The van der Waals surface area contributed by atoms with Gasteiger partial charge in [-0.25, -0.2) is 0 Å². The molecule has 15 heavy (non-hydrogen) atoms. The van der Waals surface area contributed by atoms with Gasteiger partial charge in [-0.05, 0) is 18.2 Å². The average Bonchev–Trinajstić information content (AvgIpc) is 2.61. The van der Waals surface area contributed by atoms with Gasteiger partial charge in [-0.1, -0.05) is 0 Å². The molecule has 0 aromatic heterocycles. The molecule has 3 rings (SSSR count). The first-order chi connectivity index (χ1) is 7.34. The lowest BCUT2D eigenvalue weighted by Gasteiger charge is -2.16. The molecule has 0 spiro atoms. The number of hydrogen-bond acceptors (Lipinski definition) is 5. The largest absolute Gasteiger partial charge is 0.508 e. The number of hydrazone groups is 1. The van der Waals surface area contributed by atoms with Crippen LogP contribution < -0.4 is 10.3 Å². The third-order valence-electron chi connectivity index (χ3n) is 2.28. The molecule has 74 valence electrons. The number of allylic oxidation sites excluding steroid dienone is 1. The molecule has 0 bridgehead atoms. The quantitative estimate of drug-likeness (QED) is 0.663. The molecule has 0 radical (unpaired) electrons. The van der Waals surface area contributed by atoms with Gasteiger partial charge in [-0.2, -0.15) is 5.10 Å². The van der Waals surface area contributed by atoms with E-state index in [1.165, 1.54) is 0 Å². The van der Waals surface area contributed by atoms with E-state index in [2.05, 4.69) is 15.5 Å². The molecule has 2 heterocycles. The van der Waals surface area contributed by atoms with Gasteiger partial charge in [0.1, 0.15) is 17.9 Å². The van der Waals surface area contributed by atoms with Crippen molar-refractivity contribution in [3.63, 3.8) is 0 Å². The smallest absolute Gasteiger partial charge is 0.133 e. The number of aliphatic imine (C=N–C) groups is 1. The lowest BCUT2D eigenvalue weighted by Crippen LogP contribution is -2.19. The van der Waals surface area contributed by atoms with Crippen LogP contribution in [0.3, 0.4) is 0 Å². The topological polar surface area (TPSA) is 60.2 Å². The summed E-state index contributed by atoms with van der Waals surface area (Å²) in [4.78, 5) is 6.10. The summed E-state index contributed by atoms with van der Waals surface area (Å²) in [6, 6.07) is 5.05. The molecule has 0 saturated carbocycles. The summed E-state index contributed by atoms with van der Waals surface area (Å²) in [6.07, 6.45) is 5.18. The van der Waals surface area contributed by atoms with Crippen molar-refractivity contribution >= 4 is 23.9 Å². The van der Waals surface area contributed by atoms with E-state index in [9.17, 15) is 5.11 Å². The zero-order chi connectivity index (χ0) is 10.3. The molecule has 1 aromatic rings. The first kappa shape index (κ1) is 8.05. The molecule has 2 aliphatic rings. The van der Waals surface area contributed by atoms with Crippen molar-refractivity contribution in [2.45, 2.75) is 0 Å². The van der Waals surface area contributed by atoms with Gasteiger partial charge in [-0.15, -0.1) is 0 Å². The highest BCUT2D eigenvalue weighted by Gasteiger charge is 2.19. The van der Waals surface area contributed by atoms with Crippen LogP contribution in [0.1, 0.15) is 0 Å². The Morgan fingerprint density at radius 2 is 2.27 bits per heavy atom. The van der Waals surface area contributed by atoms with Crippen molar-refractivity contribution in [2.24, 2.45) is 10.1 Å². The van der Waals surface area contributed by atoms with Crippen LogP contribution in [0.15, 0.2) is 40.2 Å². The van der Waals surface area contributed by atoms with Crippen LogP contribution in [-0.4, -0.2) is 17.7 Å². The van der Waals surface area contributed by atoms with Crippen molar-refractivity contribution in [3.05, 3.63) is 30.1 Å². The van der Waals surface area contributed by atoms with Gasteiger partial charge < -0.3 is 5.11 Å². The second-order valence-corrected chi connectivity index (χ2v) is 3.23. The summed E-state index contributed by atoms with van der Waals surface area (Å²) in [5.74, 6) is 1.06. The summed E-state index contributed by atoms with van der Waals surface area (Å²) in [5, 5.41) is 13.3. The number of hydrogen-bond donors (Lipinski definition) is 2. The molecule has 0 amide bonds. The Bertz CT molecular complexity index is 504. The van der Waals surface area contributed by atoms with Gasteiger partial charge in [0.25, 0.3) is 0 Å². The van der Waals surface area contributed by atoms with Crippen LogP contribution in [0.4, 0.5) is 11.4 Å². The molecule has 5 heteroatoms. The van der Waals surface area contributed by atoms with Gasteiger partial charge in [0.05, 0.1) is 11.4 Å². The fourth-order valence-corrected chi connectivity index (χ4v) is 1.59. The van der Waals surface area contributed by atoms with E-state index in [4.69, 9.17) is 0 Å². The minimum absolute atomic E-state index is 0.207. The van der Waals surface area contributed by atoms with Gasteiger partial charge in [0, 0.05) is 12.3 Å². The summed E-state index contributed by atoms with van der Waals surface area (Å²) in [6.45, 7) is 0. The maximum absolute atomic E-state index is 9.36. The first-order valence-electron chi connectivity index (χ1n) is 4.50. The van der Waals surface area contributed by atoms with Crippen LogP contribution in [0.5, 0.6) is 5.75 Å². The van der Waals surface area contributed by atoms with Crippen molar-refractivity contribution < 1.29 is 5.11 Å². The lowest BCUT2D eigenvalue weighted by molar-refractivity contribution is 0.475.